The normalized spacial score (nSPS) is 11.4. The molecule has 0 aromatic heterocycles. The molecule has 0 aliphatic carbocycles. The zero-order valence-corrected chi connectivity index (χ0v) is 12.0. The second-order valence-electron chi connectivity index (χ2n) is 5.35. The largest absolute Gasteiger partial charge is 0.508 e. The smallest absolute Gasteiger partial charge is 0.282 e. The van der Waals surface area contributed by atoms with E-state index in [0.717, 1.165) is 12.1 Å². The fourth-order valence-electron chi connectivity index (χ4n) is 1.42. The van der Waals surface area contributed by atoms with Crippen LogP contribution in [0.5, 0.6) is 5.75 Å². The maximum absolute atomic E-state index is 12.0. The summed E-state index contributed by atoms with van der Waals surface area (Å²) in [5.74, 6) is -0.768. The van der Waals surface area contributed by atoms with Crippen LogP contribution in [0.1, 0.15) is 24.2 Å². The van der Waals surface area contributed by atoms with Crippen molar-refractivity contribution in [3.8, 4) is 5.75 Å². The number of carbonyl (C=O) groups excluding carboxylic acids is 1. The second-order valence-corrected chi connectivity index (χ2v) is 5.35. The highest BCUT2D eigenvalue weighted by atomic mass is 16.6. The zero-order chi connectivity index (χ0) is 15.5. The van der Waals surface area contributed by atoms with Crippen LogP contribution in [0.25, 0.3) is 0 Å². The Hall–Kier alpha value is -2.15. The summed E-state index contributed by atoms with van der Waals surface area (Å²) in [6.07, 6.45) is 0. The highest BCUT2D eigenvalue weighted by Gasteiger charge is 2.25. The Morgan fingerprint density at radius 1 is 1.45 bits per heavy atom. The summed E-state index contributed by atoms with van der Waals surface area (Å²) in [5, 5.41) is 22.9. The molecule has 0 fully saturated rings. The molecule has 7 nitrogen and oxygen atoms in total. The van der Waals surface area contributed by atoms with Crippen LogP contribution in [0.4, 0.5) is 5.69 Å². The molecule has 0 bridgehead atoms. The van der Waals surface area contributed by atoms with E-state index in [1.165, 1.54) is 6.07 Å². The molecule has 0 saturated carbocycles. The summed E-state index contributed by atoms with van der Waals surface area (Å²) in [6, 6.07) is 3.39. The van der Waals surface area contributed by atoms with Crippen molar-refractivity contribution in [2.75, 3.05) is 20.6 Å². The maximum Gasteiger partial charge on any atom is 0.282 e. The number of likely N-dealkylation sites (N-methyl/N-ethyl adjacent to an activating group) is 1. The Morgan fingerprint density at radius 2 is 2.05 bits per heavy atom. The van der Waals surface area contributed by atoms with Crippen LogP contribution in [0.3, 0.4) is 0 Å². The molecule has 0 saturated heterocycles. The van der Waals surface area contributed by atoms with Gasteiger partial charge in [-0.3, -0.25) is 14.9 Å². The summed E-state index contributed by atoms with van der Waals surface area (Å²) in [7, 11) is 3.76. The molecular weight excluding hydrogens is 262 g/mol. The average molecular weight is 281 g/mol. The van der Waals surface area contributed by atoms with Crippen molar-refractivity contribution >= 4 is 11.6 Å². The molecule has 1 aromatic carbocycles. The Balaban J connectivity index is 2.93. The molecule has 7 heteroatoms. The van der Waals surface area contributed by atoms with E-state index in [1.54, 1.807) is 0 Å². The number of nitrogens with zero attached hydrogens (tertiary/aromatic N) is 2. The van der Waals surface area contributed by atoms with Gasteiger partial charge in [0.2, 0.25) is 0 Å². The minimum absolute atomic E-state index is 0.149. The van der Waals surface area contributed by atoms with Crippen molar-refractivity contribution < 1.29 is 14.8 Å². The molecule has 1 aromatic rings. The van der Waals surface area contributed by atoms with Gasteiger partial charge in [-0.2, -0.15) is 0 Å². The van der Waals surface area contributed by atoms with Crippen molar-refractivity contribution in [3.63, 3.8) is 0 Å². The Bertz CT molecular complexity index is 526. The first-order valence-corrected chi connectivity index (χ1v) is 6.08. The standard InChI is InChI=1S/C13H19N3O4/c1-13(2,15(3)4)8-14-12(18)10-7-9(17)5-6-11(10)16(19)20/h5-7,17H,8H2,1-4H3,(H,14,18). The first-order chi connectivity index (χ1) is 9.15. The lowest BCUT2D eigenvalue weighted by atomic mass is 10.0. The molecule has 1 amide bonds. The predicted molar refractivity (Wildman–Crippen MR) is 74.9 cm³/mol. The Labute approximate surface area is 117 Å². The quantitative estimate of drug-likeness (QED) is 0.627. The lowest BCUT2D eigenvalue weighted by Gasteiger charge is -2.32. The number of hydrogen-bond donors (Lipinski definition) is 2. The van der Waals surface area contributed by atoms with E-state index in [0.29, 0.717) is 6.54 Å². The molecule has 0 radical (unpaired) electrons. The number of amides is 1. The average Bonchev–Trinajstić information content (AvgIpc) is 2.35. The van der Waals surface area contributed by atoms with E-state index in [9.17, 15) is 20.0 Å². The minimum Gasteiger partial charge on any atom is -0.508 e. The number of rotatable bonds is 5. The molecule has 2 N–H and O–H groups in total. The SMILES string of the molecule is CN(C)C(C)(C)CNC(=O)c1cc(O)ccc1[N+](=O)[O-]. The van der Waals surface area contributed by atoms with Gasteiger partial charge in [0.15, 0.2) is 0 Å². The zero-order valence-electron chi connectivity index (χ0n) is 12.0. The van der Waals surface area contributed by atoms with Crippen LogP contribution in [0, 0.1) is 10.1 Å². The van der Waals surface area contributed by atoms with Crippen LogP contribution in [-0.2, 0) is 0 Å². The van der Waals surface area contributed by atoms with Crippen molar-refractivity contribution in [1.29, 1.82) is 0 Å². The third kappa shape index (κ3) is 3.67. The van der Waals surface area contributed by atoms with Crippen molar-refractivity contribution in [2.24, 2.45) is 0 Å². The van der Waals surface area contributed by atoms with Gasteiger partial charge < -0.3 is 15.3 Å². The number of carbonyl (C=O) groups is 1. The molecule has 1 rings (SSSR count). The number of nitro benzene ring substituents is 1. The van der Waals surface area contributed by atoms with Gasteiger partial charge in [0.1, 0.15) is 11.3 Å². The van der Waals surface area contributed by atoms with Gasteiger partial charge in [-0.25, -0.2) is 0 Å². The molecule has 0 spiro atoms. The van der Waals surface area contributed by atoms with E-state index >= 15 is 0 Å². The number of benzene rings is 1. The highest BCUT2D eigenvalue weighted by molar-refractivity contribution is 5.98. The summed E-state index contributed by atoms with van der Waals surface area (Å²) in [4.78, 5) is 24.2. The number of nitro groups is 1. The van der Waals surface area contributed by atoms with E-state index in [1.807, 2.05) is 32.8 Å². The number of phenols is 1. The van der Waals surface area contributed by atoms with E-state index in [-0.39, 0.29) is 22.5 Å². The molecule has 0 unspecified atom stereocenters. The lowest BCUT2D eigenvalue weighted by molar-refractivity contribution is -0.385. The van der Waals surface area contributed by atoms with Crippen LogP contribution in [0.15, 0.2) is 18.2 Å². The monoisotopic (exact) mass is 281 g/mol. The number of hydrogen-bond acceptors (Lipinski definition) is 5. The summed E-state index contributed by atoms with van der Waals surface area (Å²) in [6.45, 7) is 4.19. The number of phenolic OH excluding ortho intramolecular Hbond substituents is 1. The molecule has 0 aliphatic rings. The Kier molecular flexibility index (Phi) is 4.67. The number of nitrogens with one attached hydrogen (secondary N) is 1. The van der Waals surface area contributed by atoms with E-state index in [4.69, 9.17) is 0 Å². The number of aromatic hydroxyl groups is 1. The summed E-state index contributed by atoms with van der Waals surface area (Å²) >= 11 is 0. The van der Waals surface area contributed by atoms with E-state index in [2.05, 4.69) is 5.32 Å². The maximum atomic E-state index is 12.0. The van der Waals surface area contributed by atoms with Gasteiger partial charge in [-0.15, -0.1) is 0 Å². The van der Waals surface area contributed by atoms with Gasteiger partial charge in [0.05, 0.1) is 4.92 Å². The summed E-state index contributed by atoms with van der Waals surface area (Å²) in [5.41, 5.74) is -0.770. The first-order valence-electron chi connectivity index (χ1n) is 6.08. The molecule has 0 atom stereocenters. The van der Waals surface area contributed by atoms with Gasteiger partial charge in [0.25, 0.3) is 11.6 Å². The molecule has 0 heterocycles. The third-order valence-corrected chi connectivity index (χ3v) is 3.31. The topological polar surface area (TPSA) is 95.7 Å². The van der Waals surface area contributed by atoms with Crippen LogP contribution in [-0.4, -0.2) is 47.0 Å². The highest BCUT2D eigenvalue weighted by Crippen LogP contribution is 2.23. The predicted octanol–water partition coefficient (Wildman–Crippen LogP) is 1.37. The fraction of sp³-hybridized carbons (Fsp3) is 0.462. The molecular formula is C13H19N3O4. The van der Waals surface area contributed by atoms with E-state index < -0.39 is 10.8 Å². The van der Waals surface area contributed by atoms with Crippen molar-refractivity contribution in [2.45, 2.75) is 19.4 Å². The Morgan fingerprint density at radius 3 is 2.55 bits per heavy atom. The van der Waals surface area contributed by atoms with Gasteiger partial charge in [0, 0.05) is 18.2 Å². The second kappa shape index (κ2) is 5.87. The third-order valence-electron chi connectivity index (χ3n) is 3.31. The van der Waals surface area contributed by atoms with Crippen LogP contribution in [0.2, 0.25) is 0 Å². The minimum atomic E-state index is -0.647. The molecule has 20 heavy (non-hydrogen) atoms. The van der Waals surface area contributed by atoms with Crippen LogP contribution < -0.4 is 5.32 Å². The summed E-state index contributed by atoms with van der Waals surface area (Å²) < 4.78 is 0. The van der Waals surface area contributed by atoms with Crippen molar-refractivity contribution in [1.82, 2.24) is 10.2 Å². The molecule has 110 valence electrons. The van der Waals surface area contributed by atoms with Gasteiger partial charge >= 0.3 is 0 Å². The van der Waals surface area contributed by atoms with Gasteiger partial charge in [-0.05, 0) is 40.1 Å². The molecule has 0 aliphatic heterocycles. The van der Waals surface area contributed by atoms with Crippen molar-refractivity contribution in [3.05, 3.63) is 33.9 Å². The lowest BCUT2D eigenvalue weighted by Crippen LogP contribution is -2.48. The first kappa shape index (κ1) is 15.9. The van der Waals surface area contributed by atoms with Crippen LogP contribution >= 0.6 is 0 Å². The fourth-order valence-corrected chi connectivity index (χ4v) is 1.42. The van der Waals surface area contributed by atoms with Gasteiger partial charge in [-0.1, -0.05) is 0 Å².